The Morgan fingerprint density at radius 2 is 1.89 bits per heavy atom. The van der Waals surface area contributed by atoms with Crippen molar-refractivity contribution in [2.45, 2.75) is 33.7 Å². The van der Waals surface area contributed by atoms with Gasteiger partial charge in [0.05, 0.1) is 26.2 Å². The second kappa shape index (κ2) is 6.77. The number of rotatable bonds is 6. The lowest BCUT2D eigenvalue weighted by Crippen LogP contribution is -2.12. The molecule has 0 aromatic carbocycles. The second-order valence-corrected chi connectivity index (χ2v) is 3.86. The van der Waals surface area contributed by atoms with Crippen LogP contribution in [-0.4, -0.2) is 34.9 Å². The average Bonchev–Trinajstić information content (AvgIpc) is 2.65. The van der Waals surface area contributed by atoms with Gasteiger partial charge in [0.1, 0.15) is 5.82 Å². The molecule has 0 aliphatic rings. The third kappa shape index (κ3) is 3.70. The molecule has 1 heterocycles. The molecule has 0 saturated heterocycles. The molecule has 0 radical (unpaired) electrons. The standard InChI is InChI=1S/C12H19N3O4/c1-4-18-9(16)6-7-15-11(13)8(3)10(14-15)12(17)19-5-2/h4-7,13H2,1-3H3. The zero-order valence-electron chi connectivity index (χ0n) is 11.4. The predicted octanol–water partition coefficient (Wildman–Crippen LogP) is 0.904. The molecule has 19 heavy (non-hydrogen) atoms. The van der Waals surface area contributed by atoms with Gasteiger partial charge in [0.25, 0.3) is 0 Å². The van der Waals surface area contributed by atoms with Gasteiger partial charge in [0, 0.05) is 5.56 Å². The molecule has 0 unspecified atom stereocenters. The molecule has 0 aliphatic heterocycles. The molecule has 0 amide bonds. The van der Waals surface area contributed by atoms with Gasteiger partial charge < -0.3 is 15.2 Å². The number of aryl methyl sites for hydroxylation is 1. The van der Waals surface area contributed by atoms with Crippen molar-refractivity contribution in [2.75, 3.05) is 18.9 Å². The van der Waals surface area contributed by atoms with E-state index in [4.69, 9.17) is 15.2 Å². The predicted molar refractivity (Wildman–Crippen MR) is 68.6 cm³/mol. The summed E-state index contributed by atoms with van der Waals surface area (Å²) in [6, 6.07) is 0. The van der Waals surface area contributed by atoms with Crippen LogP contribution < -0.4 is 5.73 Å². The van der Waals surface area contributed by atoms with Crippen molar-refractivity contribution in [1.29, 1.82) is 0 Å². The number of aromatic nitrogens is 2. The Balaban J connectivity index is 2.78. The summed E-state index contributed by atoms with van der Waals surface area (Å²) in [4.78, 5) is 22.9. The van der Waals surface area contributed by atoms with E-state index < -0.39 is 5.97 Å². The number of esters is 2. The summed E-state index contributed by atoms with van der Waals surface area (Å²) in [6.45, 7) is 6.02. The number of nitrogens with zero attached hydrogens (tertiary/aromatic N) is 2. The third-order valence-electron chi connectivity index (χ3n) is 2.54. The minimum absolute atomic E-state index is 0.154. The highest BCUT2D eigenvalue weighted by molar-refractivity contribution is 5.90. The molecule has 0 fully saturated rings. The first-order valence-corrected chi connectivity index (χ1v) is 6.16. The summed E-state index contributed by atoms with van der Waals surface area (Å²) in [5.41, 5.74) is 6.58. The Hall–Kier alpha value is -2.05. The van der Waals surface area contributed by atoms with E-state index in [1.165, 1.54) is 4.68 Å². The number of anilines is 1. The molecule has 1 aromatic heterocycles. The molecular formula is C12H19N3O4. The molecule has 1 aromatic rings. The van der Waals surface area contributed by atoms with E-state index in [-0.39, 0.29) is 31.2 Å². The maximum atomic E-state index is 11.6. The molecule has 106 valence electrons. The van der Waals surface area contributed by atoms with Crippen molar-refractivity contribution in [2.24, 2.45) is 0 Å². The Labute approximate surface area is 111 Å². The van der Waals surface area contributed by atoms with Crippen molar-refractivity contribution in [3.8, 4) is 0 Å². The van der Waals surface area contributed by atoms with Crippen LogP contribution in [0, 0.1) is 6.92 Å². The Bertz CT molecular complexity index is 468. The van der Waals surface area contributed by atoms with Crippen LogP contribution in [0.25, 0.3) is 0 Å². The van der Waals surface area contributed by atoms with Crippen molar-refractivity contribution in [3.05, 3.63) is 11.3 Å². The molecular weight excluding hydrogens is 250 g/mol. The van der Waals surface area contributed by atoms with Crippen LogP contribution >= 0.6 is 0 Å². The highest BCUT2D eigenvalue weighted by atomic mass is 16.5. The summed E-state index contributed by atoms with van der Waals surface area (Å²) < 4.78 is 11.1. The Kier molecular flexibility index (Phi) is 5.35. The normalized spacial score (nSPS) is 10.3. The average molecular weight is 269 g/mol. The van der Waals surface area contributed by atoms with E-state index >= 15 is 0 Å². The van der Waals surface area contributed by atoms with Crippen LogP contribution in [0.4, 0.5) is 5.82 Å². The lowest BCUT2D eigenvalue weighted by molar-refractivity contribution is -0.143. The molecule has 0 aliphatic carbocycles. The van der Waals surface area contributed by atoms with Gasteiger partial charge in [-0.05, 0) is 20.8 Å². The zero-order chi connectivity index (χ0) is 14.4. The minimum Gasteiger partial charge on any atom is -0.466 e. The number of carbonyl (C=O) groups is 2. The van der Waals surface area contributed by atoms with Crippen molar-refractivity contribution in [3.63, 3.8) is 0 Å². The maximum absolute atomic E-state index is 11.6. The van der Waals surface area contributed by atoms with Crippen LogP contribution in [0.2, 0.25) is 0 Å². The Morgan fingerprint density at radius 1 is 1.26 bits per heavy atom. The SMILES string of the molecule is CCOC(=O)CCn1nc(C(=O)OCC)c(C)c1N. The second-order valence-electron chi connectivity index (χ2n) is 3.86. The number of hydrogen-bond acceptors (Lipinski definition) is 6. The summed E-state index contributed by atoms with van der Waals surface area (Å²) in [6.07, 6.45) is 0.154. The van der Waals surface area contributed by atoms with Gasteiger partial charge in [-0.3, -0.25) is 4.79 Å². The molecule has 0 saturated carbocycles. The van der Waals surface area contributed by atoms with Gasteiger partial charge in [-0.25, -0.2) is 9.48 Å². The summed E-state index contributed by atoms with van der Waals surface area (Å²) in [5.74, 6) is -0.485. The maximum Gasteiger partial charge on any atom is 0.359 e. The minimum atomic E-state index is -0.512. The molecule has 0 atom stereocenters. The van der Waals surface area contributed by atoms with Crippen molar-refractivity contribution in [1.82, 2.24) is 9.78 Å². The molecule has 2 N–H and O–H groups in total. The first-order chi connectivity index (χ1) is 9.01. The zero-order valence-corrected chi connectivity index (χ0v) is 11.4. The van der Waals surface area contributed by atoms with Gasteiger partial charge in [-0.15, -0.1) is 0 Å². The topological polar surface area (TPSA) is 96.4 Å². The fraction of sp³-hybridized carbons (Fsp3) is 0.583. The summed E-state index contributed by atoms with van der Waals surface area (Å²) >= 11 is 0. The third-order valence-corrected chi connectivity index (χ3v) is 2.54. The van der Waals surface area contributed by atoms with Gasteiger partial charge in [-0.1, -0.05) is 0 Å². The van der Waals surface area contributed by atoms with Crippen LogP contribution in [0.5, 0.6) is 0 Å². The molecule has 7 nitrogen and oxygen atoms in total. The number of carbonyl (C=O) groups excluding carboxylic acids is 2. The summed E-state index contributed by atoms with van der Waals surface area (Å²) in [5, 5.41) is 4.07. The molecule has 1 rings (SSSR count). The van der Waals surface area contributed by atoms with E-state index in [1.807, 2.05) is 0 Å². The summed E-state index contributed by atoms with van der Waals surface area (Å²) in [7, 11) is 0. The first-order valence-electron chi connectivity index (χ1n) is 6.16. The van der Waals surface area contributed by atoms with Gasteiger partial charge in [-0.2, -0.15) is 5.10 Å². The van der Waals surface area contributed by atoms with E-state index in [9.17, 15) is 9.59 Å². The van der Waals surface area contributed by atoms with Crippen molar-refractivity contribution >= 4 is 17.8 Å². The number of ether oxygens (including phenoxy) is 2. The van der Waals surface area contributed by atoms with Crippen LogP contribution in [0.15, 0.2) is 0 Å². The lowest BCUT2D eigenvalue weighted by Gasteiger charge is -2.04. The van der Waals surface area contributed by atoms with Crippen LogP contribution in [0.3, 0.4) is 0 Å². The quantitative estimate of drug-likeness (QED) is 0.771. The van der Waals surface area contributed by atoms with E-state index in [2.05, 4.69) is 5.10 Å². The monoisotopic (exact) mass is 269 g/mol. The number of nitrogen functional groups attached to an aromatic ring is 1. The van der Waals surface area contributed by atoms with Crippen molar-refractivity contribution < 1.29 is 19.1 Å². The number of nitrogens with two attached hydrogens (primary N) is 1. The largest absolute Gasteiger partial charge is 0.466 e. The van der Waals surface area contributed by atoms with E-state index in [0.717, 1.165) is 0 Å². The van der Waals surface area contributed by atoms with E-state index in [1.54, 1.807) is 20.8 Å². The smallest absolute Gasteiger partial charge is 0.359 e. The fourth-order valence-corrected chi connectivity index (χ4v) is 1.56. The molecule has 0 spiro atoms. The van der Waals surface area contributed by atoms with Gasteiger partial charge >= 0.3 is 11.9 Å². The molecule has 0 bridgehead atoms. The lowest BCUT2D eigenvalue weighted by atomic mass is 10.2. The fourth-order valence-electron chi connectivity index (χ4n) is 1.56. The Morgan fingerprint density at radius 3 is 2.47 bits per heavy atom. The highest BCUT2D eigenvalue weighted by Gasteiger charge is 2.19. The van der Waals surface area contributed by atoms with Crippen LogP contribution in [0.1, 0.15) is 36.3 Å². The van der Waals surface area contributed by atoms with Gasteiger partial charge in [0.2, 0.25) is 0 Å². The van der Waals surface area contributed by atoms with Crippen LogP contribution in [-0.2, 0) is 20.8 Å². The highest BCUT2D eigenvalue weighted by Crippen LogP contribution is 2.16. The molecule has 7 heteroatoms. The van der Waals surface area contributed by atoms with E-state index in [0.29, 0.717) is 18.0 Å². The van der Waals surface area contributed by atoms with Gasteiger partial charge in [0.15, 0.2) is 5.69 Å². The first kappa shape index (κ1) is 15.0. The number of hydrogen-bond donors (Lipinski definition) is 1.